The lowest BCUT2D eigenvalue weighted by molar-refractivity contribution is -0.0652. The Hall–Kier alpha value is -2.72. The van der Waals surface area contributed by atoms with Gasteiger partial charge < -0.3 is 0 Å². The largest absolute Gasteiger partial charge is 0.296 e. The molecule has 4 heteroatoms. The van der Waals surface area contributed by atoms with Crippen LogP contribution >= 0.6 is 0 Å². The highest BCUT2D eigenvalue weighted by Gasteiger charge is 2.15. The van der Waals surface area contributed by atoms with Crippen molar-refractivity contribution in [2.24, 2.45) is 0 Å². The number of hydrogen-bond acceptors (Lipinski definition) is 3. The maximum atomic E-state index is 12.2. The first-order chi connectivity index (χ1) is 10.2. The smallest absolute Gasteiger partial charge is 0.285 e. The van der Waals surface area contributed by atoms with E-state index in [2.05, 4.69) is 4.98 Å². The lowest BCUT2D eigenvalue weighted by Crippen LogP contribution is -2.27. The highest BCUT2D eigenvalue weighted by molar-refractivity contribution is 5.95. The van der Waals surface area contributed by atoms with Gasteiger partial charge in [0.1, 0.15) is 5.69 Å². The fourth-order valence-corrected chi connectivity index (χ4v) is 2.16. The molecule has 0 aliphatic rings. The molecule has 0 spiro atoms. The number of hydroxylamine groups is 2. The second-order valence-corrected chi connectivity index (χ2v) is 4.77. The van der Waals surface area contributed by atoms with Crippen molar-refractivity contribution >= 4 is 16.7 Å². The van der Waals surface area contributed by atoms with E-state index in [1.807, 2.05) is 54.6 Å². The van der Waals surface area contributed by atoms with Crippen LogP contribution in [0.1, 0.15) is 16.1 Å². The van der Waals surface area contributed by atoms with Crippen LogP contribution in [-0.2, 0) is 6.54 Å². The Morgan fingerprint density at radius 2 is 1.67 bits per heavy atom. The molecule has 0 atom stereocenters. The number of pyridine rings is 1. The summed E-state index contributed by atoms with van der Waals surface area (Å²) in [7, 11) is 0. The summed E-state index contributed by atoms with van der Waals surface area (Å²) >= 11 is 0. The molecule has 2 aromatic carbocycles. The summed E-state index contributed by atoms with van der Waals surface area (Å²) in [6.45, 7) is 0.133. The van der Waals surface area contributed by atoms with Crippen LogP contribution in [0.15, 0.2) is 66.9 Å². The molecule has 1 amide bonds. The SMILES string of the molecule is O=C(c1cc2ccccc2cn1)N(O)Cc1ccccc1. The van der Waals surface area contributed by atoms with Gasteiger partial charge in [-0.25, -0.2) is 5.06 Å². The van der Waals surface area contributed by atoms with Gasteiger partial charge in [0.2, 0.25) is 0 Å². The molecule has 4 nitrogen and oxygen atoms in total. The van der Waals surface area contributed by atoms with Crippen LogP contribution in [0.5, 0.6) is 0 Å². The van der Waals surface area contributed by atoms with Gasteiger partial charge in [-0.2, -0.15) is 0 Å². The minimum Gasteiger partial charge on any atom is -0.285 e. The van der Waals surface area contributed by atoms with Crippen molar-refractivity contribution in [2.75, 3.05) is 0 Å². The highest BCUT2D eigenvalue weighted by atomic mass is 16.5. The molecule has 0 bridgehead atoms. The second-order valence-electron chi connectivity index (χ2n) is 4.77. The van der Waals surface area contributed by atoms with E-state index in [4.69, 9.17) is 0 Å². The van der Waals surface area contributed by atoms with Crippen LogP contribution in [0, 0.1) is 0 Å². The highest BCUT2D eigenvalue weighted by Crippen LogP contribution is 2.15. The lowest BCUT2D eigenvalue weighted by atomic mass is 10.1. The van der Waals surface area contributed by atoms with Gasteiger partial charge in [0.15, 0.2) is 0 Å². The second kappa shape index (κ2) is 5.73. The van der Waals surface area contributed by atoms with Gasteiger partial charge in [0, 0.05) is 11.6 Å². The zero-order chi connectivity index (χ0) is 14.7. The number of fused-ring (bicyclic) bond motifs is 1. The molecule has 0 aliphatic heterocycles. The molecule has 3 aromatic rings. The fraction of sp³-hybridized carbons (Fsp3) is 0.0588. The Balaban J connectivity index is 1.82. The van der Waals surface area contributed by atoms with Crippen molar-refractivity contribution in [1.82, 2.24) is 10.0 Å². The van der Waals surface area contributed by atoms with Crippen molar-refractivity contribution in [1.29, 1.82) is 0 Å². The van der Waals surface area contributed by atoms with E-state index in [-0.39, 0.29) is 12.2 Å². The summed E-state index contributed by atoms with van der Waals surface area (Å²) in [6.07, 6.45) is 1.64. The first kappa shape index (κ1) is 13.3. The third-order valence-corrected chi connectivity index (χ3v) is 3.26. The third-order valence-electron chi connectivity index (χ3n) is 3.26. The lowest BCUT2D eigenvalue weighted by Gasteiger charge is -2.14. The van der Waals surface area contributed by atoms with Gasteiger partial charge in [-0.05, 0) is 17.0 Å². The maximum absolute atomic E-state index is 12.2. The van der Waals surface area contributed by atoms with Crippen molar-refractivity contribution < 1.29 is 10.0 Å². The van der Waals surface area contributed by atoms with Gasteiger partial charge in [0.05, 0.1) is 6.54 Å². The van der Waals surface area contributed by atoms with Crippen molar-refractivity contribution in [3.8, 4) is 0 Å². The number of aromatic nitrogens is 1. The zero-order valence-electron chi connectivity index (χ0n) is 11.3. The molecule has 0 aliphatic carbocycles. The summed E-state index contributed by atoms with van der Waals surface area (Å²) in [4.78, 5) is 16.3. The minimum absolute atomic E-state index is 0.133. The minimum atomic E-state index is -0.510. The quantitative estimate of drug-likeness (QED) is 0.591. The van der Waals surface area contributed by atoms with E-state index >= 15 is 0 Å². The van der Waals surface area contributed by atoms with Gasteiger partial charge in [0.25, 0.3) is 5.91 Å². The Kier molecular flexibility index (Phi) is 3.62. The monoisotopic (exact) mass is 278 g/mol. The van der Waals surface area contributed by atoms with E-state index in [1.54, 1.807) is 12.3 Å². The fourth-order valence-electron chi connectivity index (χ4n) is 2.16. The van der Waals surface area contributed by atoms with Crippen molar-refractivity contribution in [3.05, 3.63) is 78.1 Å². The number of amides is 1. The predicted molar refractivity (Wildman–Crippen MR) is 79.8 cm³/mol. The van der Waals surface area contributed by atoms with Crippen molar-refractivity contribution in [2.45, 2.75) is 6.54 Å². The van der Waals surface area contributed by atoms with Crippen LogP contribution in [0.2, 0.25) is 0 Å². The molecule has 0 saturated carbocycles. The average Bonchev–Trinajstić information content (AvgIpc) is 2.54. The summed E-state index contributed by atoms with van der Waals surface area (Å²) in [6, 6.07) is 18.7. The molecule has 104 valence electrons. The molecule has 0 saturated heterocycles. The van der Waals surface area contributed by atoms with Gasteiger partial charge in [-0.1, -0.05) is 54.6 Å². The number of nitrogens with zero attached hydrogens (tertiary/aromatic N) is 2. The van der Waals surface area contributed by atoms with E-state index in [0.29, 0.717) is 5.06 Å². The molecule has 1 N–H and O–H groups in total. The van der Waals surface area contributed by atoms with Crippen molar-refractivity contribution in [3.63, 3.8) is 0 Å². The summed E-state index contributed by atoms with van der Waals surface area (Å²) in [5.74, 6) is -0.510. The Morgan fingerprint density at radius 3 is 2.43 bits per heavy atom. The van der Waals surface area contributed by atoms with Gasteiger partial charge in [-0.3, -0.25) is 15.0 Å². The van der Waals surface area contributed by atoms with Crippen LogP contribution in [0.3, 0.4) is 0 Å². The average molecular weight is 278 g/mol. The molecule has 3 rings (SSSR count). The first-order valence-electron chi connectivity index (χ1n) is 6.63. The Labute approximate surface area is 122 Å². The number of rotatable bonds is 3. The van der Waals surface area contributed by atoms with Gasteiger partial charge in [-0.15, -0.1) is 0 Å². The number of carbonyl (C=O) groups excluding carboxylic acids is 1. The summed E-state index contributed by atoms with van der Waals surface area (Å²) < 4.78 is 0. The third kappa shape index (κ3) is 2.90. The van der Waals surface area contributed by atoms with Crippen LogP contribution < -0.4 is 0 Å². The number of benzene rings is 2. The summed E-state index contributed by atoms with van der Waals surface area (Å²) in [5, 5.41) is 12.5. The molecule has 0 fully saturated rings. The standard InChI is InChI=1S/C17H14N2O2/c20-17(19(21)12-13-6-2-1-3-7-13)16-10-14-8-4-5-9-15(14)11-18-16/h1-11,21H,12H2. The maximum Gasteiger partial charge on any atom is 0.296 e. The number of carbonyl (C=O) groups is 1. The normalized spacial score (nSPS) is 10.5. The molecular weight excluding hydrogens is 264 g/mol. The Morgan fingerprint density at radius 1 is 1.00 bits per heavy atom. The van der Waals surface area contributed by atoms with Gasteiger partial charge >= 0.3 is 0 Å². The molecule has 0 radical (unpaired) electrons. The topological polar surface area (TPSA) is 53.4 Å². The van der Waals surface area contributed by atoms with Crippen LogP contribution in [-0.4, -0.2) is 21.2 Å². The Bertz CT molecular complexity index is 772. The first-order valence-corrected chi connectivity index (χ1v) is 6.63. The molecule has 1 aromatic heterocycles. The van der Waals surface area contributed by atoms with E-state index in [9.17, 15) is 10.0 Å². The van der Waals surface area contributed by atoms with E-state index in [0.717, 1.165) is 16.3 Å². The number of hydrogen-bond donors (Lipinski definition) is 1. The van der Waals surface area contributed by atoms with E-state index in [1.165, 1.54) is 0 Å². The molecule has 0 unspecified atom stereocenters. The molecule has 21 heavy (non-hydrogen) atoms. The van der Waals surface area contributed by atoms with Crippen LogP contribution in [0.4, 0.5) is 0 Å². The summed E-state index contributed by atoms with van der Waals surface area (Å²) in [5.41, 5.74) is 1.08. The molecular formula is C17H14N2O2. The van der Waals surface area contributed by atoms with Crippen LogP contribution in [0.25, 0.3) is 10.8 Å². The zero-order valence-corrected chi connectivity index (χ0v) is 11.3. The predicted octanol–water partition coefficient (Wildman–Crippen LogP) is 3.27. The van der Waals surface area contributed by atoms with E-state index < -0.39 is 5.91 Å². The molecule has 1 heterocycles.